The Balaban J connectivity index is 1.47. The van der Waals surface area contributed by atoms with Gasteiger partial charge >= 0.3 is 0 Å². The van der Waals surface area contributed by atoms with E-state index in [9.17, 15) is 4.53 Å². The molecule has 0 bridgehead atoms. The first-order valence-electron chi connectivity index (χ1n) is 8.95. The van der Waals surface area contributed by atoms with Crippen LogP contribution in [0.4, 0.5) is 4.53 Å². The highest BCUT2D eigenvalue weighted by atomic mass is 32.2. The van der Waals surface area contributed by atoms with Gasteiger partial charge in [-0.05, 0) is 48.4 Å². The van der Waals surface area contributed by atoms with Crippen LogP contribution in [0.1, 0.15) is 24.0 Å². The molecule has 1 fully saturated rings. The van der Waals surface area contributed by atoms with Crippen molar-refractivity contribution in [2.45, 2.75) is 36.7 Å². The molecule has 0 atom stereocenters. The van der Waals surface area contributed by atoms with E-state index in [1.807, 2.05) is 6.07 Å². The van der Waals surface area contributed by atoms with Gasteiger partial charge in [0.15, 0.2) is 0 Å². The Morgan fingerprint density at radius 3 is 2.36 bits per heavy atom. The van der Waals surface area contributed by atoms with Crippen LogP contribution in [0, 0.1) is 6.92 Å². The first-order chi connectivity index (χ1) is 12.2. The lowest BCUT2D eigenvalue weighted by molar-refractivity contribution is -0.240. The molecule has 1 aliphatic heterocycles. The van der Waals surface area contributed by atoms with Gasteiger partial charge in [-0.15, -0.1) is 11.8 Å². The number of nitrogens with zero attached hydrogens (tertiary/aromatic N) is 1. The average Bonchev–Trinajstić information content (AvgIpc) is 2.68. The van der Waals surface area contributed by atoms with E-state index in [4.69, 9.17) is 0 Å². The average molecular weight is 360 g/mol. The smallest absolute Gasteiger partial charge is 0.121 e. The number of rotatable bonds is 7. The van der Waals surface area contributed by atoms with Gasteiger partial charge in [0.25, 0.3) is 0 Å². The number of halogens is 1. The van der Waals surface area contributed by atoms with Crippen molar-refractivity contribution in [1.29, 1.82) is 0 Å². The zero-order valence-electron chi connectivity index (χ0n) is 14.8. The molecule has 4 heteroatoms. The minimum Gasteiger partial charge on any atom is -0.303 e. The lowest BCUT2D eigenvalue weighted by Gasteiger charge is -2.38. The minimum absolute atomic E-state index is 0.640. The number of thioether (sulfide) groups is 1. The highest BCUT2D eigenvalue weighted by Crippen LogP contribution is 2.33. The molecule has 0 saturated carbocycles. The minimum atomic E-state index is -0.640. The Kier molecular flexibility index (Phi) is 6.51. The number of likely N-dealkylation sites (tertiary alicyclic amines) is 1. The fourth-order valence-electron chi connectivity index (χ4n) is 3.21. The van der Waals surface area contributed by atoms with E-state index < -0.39 is 5.60 Å². The second kappa shape index (κ2) is 8.84. The molecule has 0 spiro atoms. The molecular formula is C21H26FNOS. The molecule has 1 heterocycles. The Labute approximate surface area is 154 Å². The Bertz CT molecular complexity index is 639. The van der Waals surface area contributed by atoms with Crippen molar-refractivity contribution in [1.82, 2.24) is 4.90 Å². The fourth-order valence-corrected chi connectivity index (χ4v) is 4.30. The van der Waals surface area contributed by atoms with Crippen molar-refractivity contribution < 1.29 is 9.47 Å². The van der Waals surface area contributed by atoms with E-state index in [2.05, 4.69) is 65.3 Å². The highest BCUT2D eigenvalue weighted by Gasteiger charge is 2.37. The summed E-state index contributed by atoms with van der Waals surface area (Å²) in [6.07, 6.45) is 2.54. The molecule has 25 heavy (non-hydrogen) atoms. The molecule has 1 saturated heterocycles. The third kappa shape index (κ3) is 5.30. The fraction of sp³-hybridized carbons (Fsp3) is 0.429. The maximum absolute atomic E-state index is 13.3. The zero-order valence-corrected chi connectivity index (χ0v) is 15.6. The van der Waals surface area contributed by atoms with Gasteiger partial charge in [-0.25, -0.2) is 0 Å². The van der Waals surface area contributed by atoms with Crippen LogP contribution in [0.15, 0.2) is 59.5 Å². The summed E-state index contributed by atoms with van der Waals surface area (Å²) in [4.78, 5) is 8.08. The van der Waals surface area contributed by atoms with Crippen LogP contribution in [0.2, 0.25) is 0 Å². The molecule has 0 aliphatic carbocycles. The van der Waals surface area contributed by atoms with Crippen molar-refractivity contribution >= 4 is 11.8 Å². The predicted octanol–water partition coefficient (Wildman–Crippen LogP) is 5.07. The Morgan fingerprint density at radius 1 is 1.04 bits per heavy atom. The summed E-state index contributed by atoms with van der Waals surface area (Å²) in [7, 11) is 0. The normalized spacial score (nSPS) is 17.5. The molecule has 2 aromatic rings. The van der Waals surface area contributed by atoms with Gasteiger partial charge in [-0.2, -0.15) is 4.94 Å². The van der Waals surface area contributed by atoms with Crippen LogP contribution < -0.4 is 0 Å². The zero-order chi connectivity index (χ0) is 17.5. The van der Waals surface area contributed by atoms with Gasteiger partial charge in [0.2, 0.25) is 0 Å². The Hall–Kier alpha value is -1.36. The van der Waals surface area contributed by atoms with Crippen LogP contribution in [-0.4, -0.2) is 35.9 Å². The predicted molar refractivity (Wildman–Crippen MR) is 103 cm³/mol. The second-order valence-corrected chi connectivity index (χ2v) is 7.99. The quantitative estimate of drug-likeness (QED) is 0.641. The van der Waals surface area contributed by atoms with Gasteiger partial charge in [-0.1, -0.05) is 48.0 Å². The van der Waals surface area contributed by atoms with Crippen molar-refractivity contribution in [3.8, 4) is 0 Å². The number of piperidine rings is 1. The topological polar surface area (TPSA) is 12.5 Å². The van der Waals surface area contributed by atoms with Crippen LogP contribution in [0.3, 0.4) is 0 Å². The highest BCUT2D eigenvalue weighted by molar-refractivity contribution is 7.99. The maximum Gasteiger partial charge on any atom is 0.121 e. The second-order valence-electron chi connectivity index (χ2n) is 6.94. The molecule has 2 nitrogen and oxygen atoms in total. The molecule has 0 unspecified atom stereocenters. The number of aryl methyl sites for hydroxylation is 1. The summed E-state index contributed by atoms with van der Waals surface area (Å²) in [6.45, 7) is 4.89. The van der Waals surface area contributed by atoms with E-state index in [0.29, 0.717) is 5.75 Å². The van der Waals surface area contributed by atoms with Crippen LogP contribution in [0.25, 0.3) is 0 Å². The number of benzene rings is 2. The molecule has 3 rings (SSSR count). The van der Waals surface area contributed by atoms with E-state index in [1.165, 1.54) is 16.0 Å². The molecule has 0 N–H and O–H groups in total. The van der Waals surface area contributed by atoms with Crippen LogP contribution >= 0.6 is 11.8 Å². The van der Waals surface area contributed by atoms with Gasteiger partial charge in [0.1, 0.15) is 5.60 Å². The van der Waals surface area contributed by atoms with Gasteiger partial charge < -0.3 is 4.90 Å². The van der Waals surface area contributed by atoms with Crippen LogP contribution in [-0.2, 0) is 11.4 Å². The summed E-state index contributed by atoms with van der Waals surface area (Å²) in [5, 5.41) is 0. The molecule has 0 amide bonds. The molecule has 0 radical (unpaired) electrons. The summed E-state index contributed by atoms with van der Waals surface area (Å²) in [5.41, 5.74) is 1.96. The van der Waals surface area contributed by atoms with Crippen molar-refractivity contribution in [3.05, 3.63) is 65.7 Å². The van der Waals surface area contributed by atoms with E-state index in [0.717, 1.165) is 38.9 Å². The lowest BCUT2D eigenvalue weighted by Crippen LogP contribution is -2.47. The summed E-state index contributed by atoms with van der Waals surface area (Å²) >= 11 is 1.69. The first kappa shape index (κ1) is 18.4. The molecule has 0 aromatic heterocycles. The van der Waals surface area contributed by atoms with Gasteiger partial charge in [0.05, 0.1) is 0 Å². The summed E-state index contributed by atoms with van der Waals surface area (Å²) in [6, 6.07) is 18.9. The van der Waals surface area contributed by atoms with E-state index in [1.54, 1.807) is 11.8 Å². The monoisotopic (exact) mass is 359 g/mol. The number of hydrogen-bond acceptors (Lipinski definition) is 3. The third-order valence-corrected chi connectivity index (χ3v) is 6.29. The number of hydrogen-bond donors (Lipinski definition) is 0. The van der Waals surface area contributed by atoms with Gasteiger partial charge in [-0.3, -0.25) is 0 Å². The van der Waals surface area contributed by atoms with Crippen LogP contribution in [0.5, 0.6) is 0 Å². The molecule has 134 valence electrons. The molecule has 2 aromatic carbocycles. The maximum atomic E-state index is 13.3. The van der Waals surface area contributed by atoms with Crippen molar-refractivity contribution in [2.24, 2.45) is 0 Å². The SMILES string of the molecule is Cc1ccc(SCC2(OF)CCN(CCc3ccccc3)CC2)cc1. The largest absolute Gasteiger partial charge is 0.303 e. The third-order valence-electron chi connectivity index (χ3n) is 5.01. The van der Waals surface area contributed by atoms with Crippen molar-refractivity contribution in [2.75, 3.05) is 25.4 Å². The van der Waals surface area contributed by atoms with Gasteiger partial charge in [0, 0.05) is 30.3 Å². The molecule has 1 aliphatic rings. The first-order valence-corrected chi connectivity index (χ1v) is 9.93. The summed E-state index contributed by atoms with van der Waals surface area (Å²) in [5.74, 6) is 0.666. The summed E-state index contributed by atoms with van der Waals surface area (Å²) < 4.78 is 13.3. The van der Waals surface area contributed by atoms with E-state index in [-0.39, 0.29) is 0 Å². The molecular weight excluding hydrogens is 333 g/mol. The standard InChI is InChI=1S/C21H26FNOS/c1-18-7-9-20(10-8-18)25-17-21(24-22)12-15-23(16-13-21)14-11-19-5-3-2-4-6-19/h2-10H,11-17H2,1H3. The van der Waals surface area contributed by atoms with E-state index >= 15 is 0 Å². The van der Waals surface area contributed by atoms with Crippen molar-refractivity contribution in [3.63, 3.8) is 0 Å². The Morgan fingerprint density at radius 2 is 1.72 bits per heavy atom. The lowest BCUT2D eigenvalue weighted by atomic mass is 9.93.